The number of hydrogen-bond acceptors (Lipinski definition) is 4. The fourth-order valence-corrected chi connectivity index (χ4v) is 4.48. The number of nitrogens with zero attached hydrogens (tertiary/aromatic N) is 2. The van der Waals surface area contributed by atoms with E-state index in [2.05, 4.69) is 15.0 Å². The maximum atomic E-state index is 13.5. The van der Waals surface area contributed by atoms with Gasteiger partial charge in [0.25, 0.3) is 5.91 Å². The van der Waals surface area contributed by atoms with Crippen LogP contribution >= 0.6 is 0 Å². The molecule has 0 saturated heterocycles. The molecule has 1 aromatic heterocycles. The highest BCUT2D eigenvalue weighted by molar-refractivity contribution is 7.89. The van der Waals surface area contributed by atoms with Crippen LogP contribution in [-0.2, 0) is 22.9 Å². The number of amides is 1. The number of fused-ring (bicyclic) bond motifs is 2. The molecule has 2 N–H and O–H groups in total. The van der Waals surface area contributed by atoms with E-state index in [4.69, 9.17) is 0 Å². The molecule has 1 aliphatic heterocycles. The number of aromatic nitrogens is 2. The van der Waals surface area contributed by atoms with Crippen molar-refractivity contribution in [2.75, 3.05) is 13.1 Å². The zero-order valence-electron chi connectivity index (χ0n) is 15.2. The van der Waals surface area contributed by atoms with Gasteiger partial charge in [-0.2, -0.15) is 8.78 Å². The molecule has 0 unspecified atom stereocenters. The monoisotopic (exact) mass is 420 g/mol. The van der Waals surface area contributed by atoms with Crippen molar-refractivity contribution < 1.29 is 22.0 Å². The number of hydrogen-bond donors (Lipinski definition) is 2. The predicted molar refractivity (Wildman–Crippen MR) is 102 cm³/mol. The van der Waals surface area contributed by atoms with E-state index in [1.807, 2.05) is 0 Å². The van der Waals surface area contributed by atoms with Gasteiger partial charge in [-0.3, -0.25) is 9.36 Å². The van der Waals surface area contributed by atoms with Gasteiger partial charge in [-0.1, -0.05) is 18.2 Å². The summed E-state index contributed by atoms with van der Waals surface area (Å²) in [5, 5.41) is 2.67. The number of sulfonamides is 1. The smallest absolute Gasteiger partial charge is 0.320 e. The lowest BCUT2D eigenvalue weighted by Crippen LogP contribution is -2.32. The third kappa shape index (κ3) is 3.73. The van der Waals surface area contributed by atoms with Gasteiger partial charge in [-0.15, -0.1) is 0 Å². The van der Waals surface area contributed by atoms with Crippen LogP contribution in [-0.4, -0.2) is 37.0 Å². The van der Waals surface area contributed by atoms with Crippen LogP contribution in [0.1, 0.15) is 28.3 Å². The molecule has 0 saturated carbocycles. The number of carbonyl (C=O) groups is 1. The highest BCUT2D eigenvalue weighted by atomic mass is 32.2. The van der Waals surface area contributed by atoms with Gasteiger partial charge in [0.2, 0.25) is 10.0 Å². The number of para-hydroxylation sites is 2. The van der Waals surface area contributed by atoms with E-state index in [0.29, 0.717) is 29.6 Å². The fourth-order valence-electron chi connectivity index (χ4n) is 3.43. The summed E-state index contributed by atoms with van der Waals surface area (Å²) < 4.78 is 55.3. The Bertz CT molecular complexity index is 1190. The first kappa shape index (κ1) is 19.5. The van der Waals surface area contributed by atoms with Crippen molar-refractivity contribution in [3.05, 3.63) is 59.4 Å². The summed E-state index contributed by atoms with van der Waals surface area (Å²) in [4.78, 5) is 16.1. The van der Waals surface area contributed by atoms with Crippen molar-refractivity contribution >= 4 is 27.0 Å². The quantitative estimate of drug-likeness (QED) is 0.640. The van der Waals surface area contributed by atoms with Crippen LogP contribution < -0.4 is 10.0 Å². The minimum atomic E-state index is -3.91. The lowest BCUT2D eigenvalue weighted by Gasteiger charge is -2.17. The van der Waals surface area contributed by atoms with Crippen molar-refractivity contribution in [3.63, 3.8) is 0 Å². The zero-order valence-corrected chi connectivity index (χ0v) is 16.0. The molecule has 1 aliphatic rings. The Balaban J connectivity index is 1.52. The average molecular weight is 420 g/mol. The Morgan fingerprint density at radius 3 is 2.79 bits per heavy atom. The molecule has 2 heterocycles. The Hall–Kier alpha value is -2.85. The second kappa shape index (κ2) is 7.53. The molecule has 0 radical (unpaired) electrons. The van der Waals surface area contributed by atoms with Crippen LogP contribution in [0.2, 0.25) is 0 Å². The van der Waals surface area contributed by atoms with Crippen LogP contribution in [0.15, 0.2) is 47.4 Å². The number of carbonyl (C=O) groups excluding carboxylic acids is 1. The van der Waals surface area contributed by atoms with E-state index in [-0.39, 0.29) is 29.6 Å². The fraction of sp³-hybridized carbons (Fsp3) is 0.263. The van der Waals surface area contributed by atoms with Crippen LogP contribution in [0.3, 0.4) is 0 Å². The Kier molecular flexibility index (Phi) is 5.05. The molecule has 0 fully saturated rings. The molecule has 29 heavy (non-hydrogen) atoms. The second-order valence-corrected chi connectivity index (χ2v) is 8.40. The molecular formula is C19H18F2N4O3S. The summed E-state index contributed by atoms with van der Waals surface area (Å²) in [5.41, 5.74) is 1.84. The van der Waals surface area contributed by atoms with Crippen LogP contribution in [0.25, 0.3) is 11.0 Å². The van der Waals surface area contributed by atoms with E-state index in [1.54, 1.807) is 30.3 Å². The first-order valence-electron chi connectivity index (χ1n) is 9.01. The number of alkyl halides is 2. The third-order valence-corrected chi connectivity index (χ3v) is 6.28. The van der Waals surface area contributed by atoms with Crippen LogP contribution in [0.4, 0.5) is 8.78 Å². The molecular weight excluding hydrogens is 402 g/mol. The van der Waals surface area contributed by atoms with E-state index < -0.39 is 16.6 Å². The minimum Gasteiger partial charge on any atom is -0.352 e. The van der Waals surface area contributed by atoms with Crippen LogP contribution in [0.5, 0.6) is 0 Å². The summed E-state index contributed by atoms with van der Waals surface area (Å²) in [6.45, 7) is -2.38. The molecule has 2 aromatic carbocycles. The lowest BCUT2D eigenvalue weighted by atomic mass is 10.0. The van der Waals surface area contributed by atoms with E-state index in [9.17, 15) is 22.0 Å². The van der Waals surface area contributed by atoms with Crippen molar-refractivity contribution in [1.82, 2.24) is 19.6 Å². The maximum Gasteiger partial charge on any atom is 0.320 e. The first-order valence-corrected chi connectivity index (χ1v) is 10.5. The molecule has 0 bridgehead atoms. The van der Waals surface area contributed by atoms with Gasteiger partial charge < -0.3 is 5.32 Å². The van der Waals surface area contributed by atoms with Crippen molar-refractivity contribution in [2.45, 2.75) is 24.3 Å². The van der Waals surface area contributed by atoms with E-state index in [1.165, 1.54) is 12.1 Å². The van der Waals surface area contributed by atoms with Crippen molar-refractivity contribution in [2.24, 2.45) is 0 Å². The van der Waals surface area contributed by atoms with Crippen LogP contribution in [0, 0.1) is 0 Å². The largest absolute Gasteiger partial charge is 0.352 e. The topological polar surface area (TPSA) is 93.1 Å². The number of nitrogens with one attached hydrogen (secondary N) is 2. The Labute approximate surface area is 165 Å². The number of imidazole rings is 1. The zero-order chi connectivity index (χ0) is 20.6. The standard InChI is InChI=1S/C19H18F2N4O3S/c20-19(21)25-16-4-2-1-3-15(16)24-17(25)8-10-23-29(27,28)13-6-5-12-7-9-22-18(26)14(12)11-13/h1-6,11,19,23H,7-10H2,(H,22,26). The van der Waals surface area contributed by atoms with Gasteiger partial charge in [0.15, 0.2) is 0 Å². The Morgan fingerprint density at radius 1 is 1.21 bits per heavy atom. The maximum absolute atomic E-state index is 13.5. The normalized spacial score (nSPS) is 14.2. The molecule has 10 heteroatoms. The summed E-state index contributed by atoms with van der Waals surface area (Å²) >= 11 is 0. The predicted octanol–water partition coefficient (Wildman–Crippen LogP) is 2.24. The summed E-state index contributed by atoms with van der Waals surface area (Å²) in [5.74, 6) is -0.220. The molecule has 4 rings (SSSR count). The highest BCUT2D eigenvalue weighted by Gasteiger charge is 2.22. The second-order valence-electron chi connectivity index (χ2n) is 6.64. The molecule has 152 valence electrons. The summed E-state index contributed by atoms with van der Waals surface area (Å²) in [6.07, 6.45) is 0.627. The molecule has 1 amide bonds. The van der Waals surface area contributed by atoms with Crippen molar-refractivity contribution in [3.8, 4) is 0 Å². The van der Waals surface area contributed by atoms with Crippen molar-refractivity contribution in [1.29, 1.82) is 0 Å². The lowest BCUT2D eigenvalue weighted by molar-refractivity contribution is 0.0715. The van der Waals surface area contributed by atoms with Gasteiger partial charge in [0.05, 0.1) is 15.9 Å². The number of rotatable bonds is 6. The number of halogens is 2. The van der Waals surface area contributed by atoms with Gasteiger partial charge in [-0.25, -0.2) is 18.1 Å². The summed E-state index contributed by atoms with van der Waals surface area (Å²) in [6, 6.07) is 10.9. The van der Waals surface area contributed by atoms with Gasteiger partial charge >= 0.3 is 6.55 Å². The van der Waals surface area contributed by atoms with Gasteiger partial charge in [0.1, 0.15) is 5.82 Å². The highest BCUT2D eigenvalue weighted by Crippen LogP contribution is 2.23. The molecule has 0 atom stereocenters. The van der Waals surface area contributed by atoms with E-state index >= 15 is 0 Å². The third-order valence-electron chi connectivity index (χ3n) is 4.82. The summed E-state index contributed by atoms with van der Waals surface area (Å²) in [7, 11) is -3.91. The molecule has 0 spiro atoms. The Morgan fingerprint density at radius 2 is 2.00 bits per heavy atom. The molecule has 3 aromatic rings. The van der Waals surface area contributed by atoms with Gasteiger partial charge in [0, 0.05) is 25.1 Å². The molecule has 7 nitrogen and oxygen atoms in total. The molecule has 0 aliphatic carbocycles. The average Bonchev–Trinajstić information content (AvgIpc) is 3.06. The van der Waals surface area contributed by atoms with E-state index in [0.717, 1.165) is 10.1 Å². The number of benzene rings is 2. The minimum absolute atomic E-state index is 0.0102. The SMILES string of the molecule is O=C1NCCc2ccc(S(=O)(=O)NCCc3nc4ccccc4n3C(F)F)cc21. The first-order chi connectivity index (χ1) is 13.9. The van der Waals surface area contributed by atoms with Gasteiger partial charge in [-0.05, 0) is 36.2 Å².